The Morgan fingerprint density at radius 1 is 1.42 bits per heavy atom. The Morgan fingerprint density at radius 3 is 2.71 bits per heavy atom. The lowest BCUT2D eigenvalue weighted by Gasteiger charge is -2.10. The van der Waals surface area contributed by atoms with Crippen LogP contribution < -0.4 is 0 Å². The van der Waals surface area contributed by atoms with E-state index in [0.717, 1.165) is 18.5 Å². The van der Waals surface area contributed by atoms with Gasteiger partial charge in [0.05, 0.1) is 11.1 Å². The average Bonchev–Trinajstić information content (AvgIpc) is 3.44. The summed E-state index contributed by atoms with van der Waals surface area (Å²) in [6, 6.07) is 9.47. The van der Waals surface area contributed by atoms with Gasteiger partial charge >= 0.3 is 5.97 Å². The lowest BCUT2D eigenvalue weighted by atomic mass is 10.1. The topological polar surface area (TPSA) is 63.0 Å². The second-order valence-corrected chi connectivity index (χ2v) is 6.36. The fourth-order valence-corrected chi connectivity index (χ4v) is 2.91. The maximum atomic E-state index is 12.9. The van der Waals surface area contributed by atoms with Crippen molar-refractivity contribution in [1.82, 2.24) is 4.98 Å². The summed E-state index contributed by atoms with van der Waals surface area (Å²) in [6.07, 6.45) is 3.93. The number of esters is 1. The van der Waals surface area contributed by atoms with Gasteiger partial charge in [0.1, 0.15) is 23.5 Å². The molecule has 1 fully saturated rings. The molecule has 0 amide bonds. The predicted molar refractivity (Wildman–Crippen MR) is 88.2 cm³/mol. The summed E-state index contributed by atoms with van der Waals surface area (Å²) < 4.78 is 18.2. The zero-order chi connectivity index (χ0) is 17.1. The molecule has 0 radical (unpaired) electrons. The van der Waals surface area contributed by atoms with E-state index in [1.165, 1.54) is 23.9 Å². The lowest BCUT2D eigenvalue weighted by molar-refractivity contribution is 0.0471. The molecule has 122 valence electrons. The van der Waals surface area contributed by atoms with Crippen LogP contribution in [0.3, 0.4) is 0 Å². The summed E-state index contributed by atoms with van der Waals surface area (Å²) in [4.78, 5) is 16.9. The van der Waals surface area contributed by atoms with Crippen LogP contribution in [0, 0.1) is 17.1 Å². The highest BCUT2D eigenvalue weighted by Gasteiger charge is 2.28. The van der Waals surface area contributed by atoms with Crippen LogP contribution in [0.5, 0.6) is 0 Å². The van der Waals surface area contributed by atoms with E-state index >= 15 is 0 Å². The third kappa shape index (κ3) is 3.57. The van der Waals surface area contributed by atoms with Crippen LogP contribution in [0.1, 0.15) is 45.9 Å². The molecule has 0 saturated heterocycles. The van der Waals surface area contributed by atoms with Crippen LogP contribution in [0.2, 0.25) is 0 Å². The summed E-state index contributed by atoms with van der Waals surface area (Å²) in [5.41, 5.74) is 2.02. The molecule has 1 aliphatic rings. The number of hydrogen-bond acceptors (Lipinski definition) is 5. The standard InChI is InChI=1S/C18H15FN2O2S/c1-24-17-15(9-20)14(8-16(21-17)12-4-5-12)18(22)23-10-11-2-6-13(19)7-3-11/h2-3,6-8,12H,4-5,10H2,1H3. The van der Waals surface area contributed by atoms with Crippen LogP contribution in [-0.2, 0) is 11.3 Å². The minimum Gasteiger partial charge on any atom is -0.457 e. The molecular weight excluding hydrogens is 327 g/mol. The number of pyridine rings is 1. The van der Waals surface area contributed by atoms with E-state index < -0.39 is 5.97 Å². The van der Waals surface area contributed by atoms with Crippen molar-refractivity contribution in [3.05, 3.63) is 58.5 Å². The summed E-state index contributed by atoms with van der Waals surface area (Å²) in [7, 11) is 0. The van der Waals surface area contributed by atoms with E-state index in [-0.39, 0.29) is 23.6 Å². The largest absolute Gasteiger partial charge is 0.457 e. The minimum absolute atomic E-state index is 0.0274. The Labute approximate surface area is 143 Å². The van der Waals surface area contributed by atoms with E-state index in [4.69, 9.17) is 4.74 Å². The number of benzene rings is 1. The molecule has 2 aromatic rings. The molecule has 1 aromatic heterocycles. The van der Waals surface area contributed by atoms with E-state index in [2.05, 4.69) is 11.1 Å². The quantitative estimate of drug-likeness (QED) is 0.606. The zero-order valence-corrected chi connectivity index (χ0v) is 13.9. The first kappa shape index (κ1) is 16.5. The molecule has 1 aromatic carbocycles. The van der Waals surface area contributed by atoms with Gasteiger partial charge in [-0.2, -0.15) is 5.26 Å². The number of nitriles is 1. The Bertz CT molecular complexity index is 811. The summed E-state index contributed by atoms with van der Waals surface area (Å²) in [5.74, 6) is -0.535. The molecule has 1 aliphatic carbocycles. The number of aromatic nitrogens is 1. The Kier molecular flexibility index (Phi) is 4.81. The molecule has 1 saturated carbocycles. The highest BCUT2D eigenvalue weighted by molar-refractivity contribution is 7.98. The van der Waals surface area contributed by atoms with E-state index in [9.17, 15) is 14.4 Å². The maximum Gasteiger partial charge on any atom is 0.339 e. The molecule has 4 nitrogen and oxygen atoms in total. The van der Waals surface area contributed by atoms with E-state index in [1.807, 2.05) is 6.26 Å². The first-order valence-corrected chi connectivity index (χ1v) is 8.75. The second-order valence-electron chi connectivity index (χ2n) is 5.57. The Morgan fingerprint density at radius 2 is 2.12 bits per heavy atom. The van der Waals surface area contributed by atoms with Crippen molar-refractivity contribution in [3.8, 4) is 6.07 Å². The molecular formula is C18H15FN2O2S. The van der Waals surface area contributed by atoms with Gasteiger partial charge in [-0.1, -0.05) is 12.1 Å². The summed E-state index contributed by atoms with van der Waals surface area (Å²) in [6.45, 7) is 0.0274. The number of carbonyl (C=O) groups is 1. The van der Waals surface area contributed by atoms with Crippen molar-refractivity contribution in [2.75, 3.05) is 6.26 Å². The summed E-state index contributed by atoms with van der Waals surface area (Å²) in [5, 5.41) is 9.94. The van der Waals surface area contributed by atoms with Gasteiger partial charge in [0.15, 0.2) is 0 Å². The van der Waals surface area contributed by atoms with Crippen molar-refractivity contribution >= 4 is 17.7 Å². The second kappa shape index (κ2) is 7.02. The average molecular weight is 342 g/mol. The van der Waals surface area contributed by atoms with Crippen molar-refractivity contribution in [1.29, 1.82) is 5.26 Å². The molecule has 3 rings (SSSR count). The van der Waals surface area contributed by atoms with Crippen molar-refractivity contribution < 1.29 is 13.9 Å². The van der Waals surface area contributed by atoms with Gasteiger partial charge < -0.3 is 4.74 Å². The molecule has 1 heterocycles. The number of halogens is 1. The first-order chi connectivity index (χ1) is 11.6. The molecule has 0 atom stereocenters. The van der Waals surface area contributed by atoms with Crippen LogP contribution in [0.4, 0.5) is 4.39 Å². The SMILES string of the molecule is CSc1nc(C2CC2)cc(C(=O)OCc2ccc(F)cc2)c1C#N. The van der Waals surface area contributed by atoms with Crippen molar-refractivity contribution in [2.45, 2.75) is 30.4 Å². The third-order valence-corrected chi connectivity index (χ3v) is 4.49. The van der Waals surface area contributed by atoms with E-state index in [0.29, 0.717) is 16.5 Å². The number of hydrogen-bond donors (Lipinski definition) is 0. The lowest BCUT2D eigenvalue weighted by Crippen LogP contribution is -2.10. The smallest absolute Gasteiger partial charge is 0.339 e. The normalized spacial score (nSPS) is 13.4. The molecule has 0 unspecified atom stereocenters. The molecule has 0 aliphatic heterocycles. The van der Waals surface area contributed by atoms with Crippen LogP contribution in [-0.4, -0.2) is 17.2 Å². The monoisotopic (exact) mass is 342 g/mol. The number of carbonyl (C=O) groups excluding carboxylic acids is 1. The van der Waals surface area contributed by atoms with Gasteiger partial charge in [-0.05, 0) is 42.9 Å². The fourth-order valence-electron chi connectivity index (χ4n) is 2.35. The number of rotatable bonds is 5. The van der Waals surface area contributed by atoms with Crippen molar-refractivity contribution in [2.24, 2.45) is 0 Å². The molecule has 0 spiro atoms. The van der Waals surface area contributed by atoms with Gasteiger partial charge in [-0.3, -0.25) is 0 Å². The van der Waals surface area contributed by atoms with E-state index in [1.54, 1.807) is 18.2 Å². The van der Waals surface area contributed by atoms with Gasteiger partial charge in [0.2, 0.25) is 0 Å². The number of nitrogens with zero attached hydrogens (tertiary/aromatic N) is 2. The zero-order valence-electron chi connectivity index (χ0n) is 13.1. The van der Waals surface area contributed by atoms with Crippen LogP contribution in [0.25, 0.3) is 0 Å². The first-order valence-electron chi connectivity index (χ1n) is 7.53. The molecule has 0 N–H and O–H groups in total. The maximum absolute atomic E-state index is 12.9. The summed E-state index contributed by atoms with van der Waals surface area (Å²) >= 11 is 1.34. The van der Waals surface area contributed by atoms with Crippen LogP contribution >= 0.6 is 11.8 Å². The fraction of sp³-hybridized carbons (Fsp3) is 0.278. The van der Waals surface area contributed by atoms with Gasteiger partial charge in [0, 0.05) is 11.6 Å². The van der Waals surface area contributed by atoms with Crippen LogP contribution in [0.15, 0.2) is 35.4 Å². The highest BCUT2D eigenvalue weighted by atomic mass is 32.2. The van der Waals surface area contributed by atoms with Gasteiger partial charge in [0.25, 0.3) is 0 Å². The minimum atomic E-state index is -0.560. The predicted octanol–water partition coefficient (Wildman–Crippen LogP) is 4.05. The molecule has 24 heavy (non-hydrogen) atoms. The number of thioether (sulfide) groups is 1. The third-order valence-electron chi connectivity index (χ3n) is 3.81. The Balaban J connectivity index is 1.83. The molecule has 6 heteroatoms. The number of ether oxygens (including phenoxy) is 1. The van der Waals surface area contributed by atoms with Gasteiger partial charge in [-0.15, -0.1) is 11.8 Å². The van der Waals surface area contributed by atoms with Crippen molar-refractivity contribution in [3.63, 3.8) is 0 Å². The highest BCUT2D eigenvalue weighted by Crippen LogP contribution is 2.40. The van der Waals surface area contributed by atoms with Gasteiger partial charge in [-0.25, -0.2) is 14.2 Å². The Hall–Kier alpha value is -2.39. The molecule has 0 bridgehead atoms.